The van der Waals surface area contributed by atoms with E-state index < -0.39 is 18.0 Å². The highest BCUT2D eigenvalue weighted by molar-refractivity contribution is 5.98. The van der Waals surface area contributed by atoms with E-state index >= 15 is 0 Å². The van der Waals surface area contributed by atoms with Crippen LogP contribution in [0.5, 0.6) is 0 Å². The Morgan fingerprint density at radius 1 is 1.22 bits per heavy atom. The molecule has 0 bridgehead atoms. The number of ketones is 1. The first-order chi connectivity index (χ1) is 8.56. The van der Waals surface area contributed by atoms with Crippen LogP contribution in [0.3, 0.4) is 0 Å². The number of benzene rings is 1. The molecule has 1 rings (SSSR count). The first-order valence-corrected chi connectivity index (χ1v) is 5.80. The molecule has 0 spiro atoms. The van der Waals surface area contributed by atoms with Gasteiger partial charge < -0.3 is 9.47 Å². The molecule has 0 radical (unpaired) electrons. The normalized spacial score (nSPS) is 13.7. The molecule has 0 aromatic heterocycles. The van der Waals surface area contributed by atoms with E-state index in [4.69, 9.17) is 9.47 Å². The molecule has 1 aromatic rings. The molecule has 0 fully saturated rings. The standard InChI is InChI=1S/C14H18O4/c1-10(15)13(11(2)17-3)14(16)18-9-12-7-5-4-6-8-12/h4-8,11,13H,9H2,1-3H3. The molecule has 2 atom stereocenters. The van der Waals surface area contributed by atoms with Crippen LogP contribution in [0.2, 0.25) is 0 Å². The molecule has 0 aliphatic rings. The number of Topliss-reactive ketones (excluding diaryl/α,β-unsaturated/α-hetero) is 1. The fourth-order valence-corrected chi connectivity index (χ4v) is 1.64. The van der Waals surface area contributed by atoms with Crippen molar-refractivity contribution in [2.24, 2.45) is 5.92 Å². The second-order valence-electron chi connectivity index (χ2n) is 4.12. The second-order valence-corrected chi connectivity index (χ2v) is 4.12. The van der Waals surface area contributed by atoms with E-state index in [1.807, 2.05) is 30.3 Å². The fourth-order valence-electron chi connectivity index (χ4n) is 1.64. The van der Waals surface area contributed by atoms with Crippen molar-refractivity contribution in [2.75, 3.05) is 7.11 Å². The van der Waals surface area contributed by atoms with Crippen LogP contribution in [0.4, 0.5) is 0 Å². The molecule has 0 saturated carbocycles. The SMILES string of the molecule is COC(C)C(C(C)=O)C(=O)OCc1ccccc1. The number of hydrogen-bond donors (Lipinski definition) is 0. The molecule has 98 valence electrons. The van der Waals surface area contributed by atoms with Crippen molar-refractivity contribution in [2.45, 2.75) is 26.6 Å². The number of ether oxygens (including phenoxy) is 2. The molecular formula is C14H18O4. The quantitative estimate of drug-likeness (QED) is 0.572. The monoisotopic (exact) mass is 250 g/mol. The third kappa shape index (κ3) is 3.96. The smallest absolute Gasteiger partial charge is 0.319 e. The van der Waals surface area contributed by atoms with Crippen molar-refractivity contribution in [3.63, 3.8) is 0 Å². The van der Waals surface area contributed by atoms with E-state index in [0.717, 1.165) is 5.56 Å². The Morgan fingerprint density at radius 3 is 2.33 bits per heavy atom. The van der Waals surface area contributed by atoms with Crippen molar-refractivity contribution < 1.29 is 19.1 Å². The zero-order valence-electron chi connectivity index (χ0n) is 10.9. The van der Waals surface area contributed by atoms with Gasteiger partial charge in [0.2, 0.25) is 0 Å². The molecule has 0 heterocycles. The van der Waals surface area contributed by atoms with Crippen LogP contribution in [0.15, 0.2) is 30.3 Å². The van der Waals surface area contributed by atoms with Gasteiger partial charge in [-0.1, -0.05) is 30.3 Å². The van der Waals surface area contributed by atoms with Crippen LogP contribution >= 0.6 is 0 Å². The lowest BCUT2D eigenvalue weighted by atomic mass is 10.00. The number of carbonyl (C=O) groups excluding carboxylic acids is 2. The third-order valence-corrected chi connectivity index (χ3v) is 2.76. The van der Waals surface area contributed by atoms with Crippen molar-refractivity contribution >= 4 is 11.8 Å². The molecule has 0 N–H and O–H groups in total. The Kier molecular flexibility index (Phi) is 5.52. The van der Waals surface area contributed by atoms with Gasteiger partial charge in [0.15, 0.2) is 0 Å². The minimum absolute atomic E-state index is 0.167. The van der Waals surface area contributed by atoms with Crippen LogP contribution in [-0.2, 0) is 25.7 Å². The van der Waals surface area contributed by atoms with Gasteiger partial charge in [-0.05, 0) is 19.4 Å². The molecule has 4 nitrogen and oxygen atoms in total. The van der Waals surface area contributed by atoms with Crippen LogP contribution < -0.4 is 0 Å². The summed E-state index contributed by atoms with van der Waals surface area (Å²) in [6.45, 7) is 3.21. The first-order valence-electron chi connectivity index (χ1n) is 5.80. The minimum atomic E-state index is -0.862. The lowest BCUT2D eigenvalue weighted by Gasteiger charge is -2.18. The van der Waals surface area contributed by atoms with Crippen molar-refractivity contribution in [3.8, 4) is 0 Å². The van der Waals surface area contributed by atoms with Crippen LogP contribution in [0.1, 0.15) is 19.4 Å². The highest BCUT2D eigenvalue weighted by Gasteiger charge is 2.31. The molecule has 4 heteroatoms. The summed E-state index contributed by atoms with van der Waals surface area (Å²) >= 11 is 0. The number of methoxy groups -OCH3 is 1. The van der Waals surface area contributed by atoms with Crippen molar-refractivity contribution in [1.29, 1.82) is 0 Å². The van der Waals surface area contributed by atoms with Gasteiger partial charge in [0.05, 0.1) is 6.10 Å². The van der Waals surface area contributed by atoms with Gasteiger partial charge in [-0.2, -0.15) is 0 Å². The molecule has 1 aromatic carbocycles. The maximum atomic E-state index is 11.8. The molecule has 0 aliphatic heterocycles. The van der Waals surface area contributed by atoms with Crippen LogP contribution in [0, 0.1) is 5.92 Å². The Balaban J connectivity index is 2.60. The zero-order chi connectivity index (χ0) is 13.5. The van der Waals surface area contributed by atoms with Gasteiger partial charge in [-0.15, -0.1) is 0 Å². The Hall–Kier alpha value is -1.68. The zero-order valence-corrected chi connectivity index (χ0v) is 10.9. The Bertz CT molecular complexity index is 400. The summed E-state index contributed by atoms with van der Waals surface area (Å²) in [7, 11) is 1.46. The highest BCUT2D eigenvalue weighted by Crippen LogP contribution is 2.12. The molecule has 0 amide bonds. The van der Waals surface area contributed by atoms with E-state index in [1.54, 1.807) is 6.92 Å². The first kappa shape index (κ1) is 14.4. The number of hydrogen-bond acceptors (Lipinski definition) is 4. The highest BCUT2D eigenvalue weighted by atomic mass is 16.5. The number of esters is 1. The maximum absolute atomic E-state index is 11.8. The van der Waals surface area contributed by atoms with Gasteiger partial charge in [0, 0.05) is 7.11 Å². The summed E-state index contributed by atoms with van der Waals surface area (Å²) in [6.07, 6.45) is -0.481. The summed E-state index contributed by atoms with van der Waals surface area (Å²) < 4.78 is 10.2. The average molecular weight is 250 g/mol. The minimum Gasteiger partial charge on any atom is -0.460 e. The van der Waals surface area contributed by atoms with E-state index in [1.165, 1.54) is 14.0 Å². The van der Waals surface area contributed by atoms with E-state index in [0.29, 0.717) is 0 Å². The summed E-state index contributed by atoms with van der Waals surface area (Å²) in [5.74, 6) is -1.65. The third-order valence-electron chi connectivity index (χ3n) is 2.76. The van der Waals surface area contributed by atoms with Gasteiger partial charge in [-0.25, -0.2) is 0 Å². The summed E-state index contributed by atoms with van der Waals surface area (Å²) in [5, 5.41) is 0. The second kappa shape index (κ2) is 6.91. The predicted molar refractivity (Wildman–Crippen MR) is 66.9 cm³/mol. The Labute approximate surface area is 107 Å². The molecular weight excluding hydrogens is 232 g/mol. The van der Waals surface area contributed by atoms with Crippen LogP contribution in [0.25, 0.3) is 0 Å². The van der Waals surface area contributed by atoms with E-state index in [-0.39, 0.29) is 12.4 Å². The van der Waals surface area contributed by atoms with Gasteiger partial charge in [-0.3, -0.25) is 9.59 Å². The van der Waals surface area contributed by atoms with Crippen molar-refractivity contribution in [3.05, 3.63) is 35.9 Å². The van der Waals surface area contributed by atoms with E-state index in [2.05, 4.69) is 0 Å². The van der Waals surface area contributed by atoms with Gasteiger partial charge in [0.1, 0.15) is 18.3 Å². The fraction of sp³-hybridized carbons (Fsp3) is 0.429. The largest absolute Gasteiger partial charge is 0.460 e. The maximum Gasteiger partial charge on any atom is 0.319 e. The average Bonchev–Trinajstić information content (AvgIpc) is 2.37. The molecule has 18 heavy (non-hydrogen) atoms. The topological polar surface area (TPSA) is 52.6 Å². The van der Waals surface area contributed by atoms with E-state index in [9.17, 15) is 9.59 Å². The Morgan fingerprint density at radius 2 is 1.83 bits per heavy atom. The molecule has 2 unspecified atom stereocenters. The van der Waals surface area contributed by atoms with Crippen LogP contribution in [-0.4, -0.2) is 25.0 Å². The lowest BCUT2D eigenvalue weighted by Crippen LogP contribution is -2.34. The summed E-state index contributed by atoms with van der Waals surface area (Å²) in [5.41, 5.74) is 0.887. The molecule has 0 aliphatic carbocycles. The summed E-state index contributed by atoms with van der Waals surface area (Å²) in [6, 6.07) is 9.33. The summed E-state index contributed by atoms with van der Waals surface area (Å²) in [4.78, 5) is 23.3. The van der Waals surface area contributed by atoms with Gasteiger partial charge >= 0.3 is 5.97 Å². The van der Waals surface area contributed by atoms with Crippen molar-refractivity contribution in [1.82, 2.24) is 0 Å². The lowest BCUT2D eigenvalue weighted by molar-refractivity contribution is -0.157. The van der Waals surface area contributed by atoms with Gasteiger partial charge in [0.25, 0.3) is 0 Å². The predicted octanol–water partition coefficient (Wildman–Crippen LogP) is 1.97. The number of carbonyl (C=O) groups is 2. The number of rotatable bonds is 6. The molecule has 0 saturated heterocycles.